The molecule has 4 aromatic carbocycles. The molecule has 0 aromatic heterocycles. The second-order valence-corrected chi connectivity index (χ2v) is 14.8. The molecule has 2 amide bonds. The molecule has 0 unspecified atom stereocenters. The van der Waals surface area contributed by atoms with Gasteiger partial charge in [-0.05, 0) is 93.9 Å². The summed E-state index contributed by atoms with van der Waals surface area (Å²) in [4.78, 5) is 60.3. The Hall–Kier alpha value is -5.09. The average Bonchev–Trinajstić information content (AvgIpc) is 3.42. The number of hydrogen-bond acceptors (Lipinski definition) is 6. The fourth-order valence-corrected chi connectivity index (χ4v) is 9.80. The van der Waals surface area contributed by atoms with E-state index in [1.807, 2.05) is 84.9 Å². The number of methoxy groups -OCH3 is 1. The topological polar surface area (TPSA) is 101 Å². The molecule has 1 aliphatic heterocycles. The zero-order chi connectivity index (χ0) is 35.6. The van der Waals surface area contributed by atoms with E-state index in [4.69, 9.17) is 4.74 Å². The number of halogens is 1. The van der Waals surface area contributed by atoms with Gasteiger partial charge < -0.3 is 9.84 Å². The molecule has 8 heteroatoms. The molecule has 0 spiro atoms. The van der Waals surface area contributed by atoms with Crippen molar-refractivity contribution >= 4 is 63.3 Å². The molecule has 1 N–H and O–H groups in total. The van der Waals surface area contributed by atoms with Crippen LogP contribution in [0.4, 0.5) is 5.69 Å². The largest absolute Gasteiger partial charge is 0.504 e. The van der Waals surface area contributed by atoms with Crippen molar-refractivity contribution in [3.05, 3.63) is 147 Å². The van der Waals surface area contributed by atoms with E-state index in [-0.39, 0.29) is 41.3 Å². The number of Topliss-reactive ketones (excluding diaryl/α,β-unsaturated/α-hetero) is 1. The maximum atomic E-state index is 15.2. The van der Waals surface area contributed by atoms with Gasteiger partial charge in [-0.25, -0.2) is 0 Å². The molecule has 3 aliphatic carbocycles. The Morgan fingerprint density at radius 1 is 0.902 bits per heavy atom. The van der Waals surface area contributed by atoms with Crippen molar-refractivity contribution in [2.45, 2.75) is 24.2 Å². The number of fused-ring (bicyclic) bond motifs is 4. The number of benzene rings is 4. The monoisotopic (exact) mass is 787 g/mol. The second-order valence-electron chi connectivity index (χ2n) is 13.6. The number of rotatable bonds is 6. The quantitative estimate of drug-likeness (QED) is 0.122. The third-order valence-corrected chi connectivity index (χ3v) is 12.2. The minimum Gasteiger partial charge on any atom is -0.504 e. The standard InChI is InChI=1S/C43H34INO6/c1-3-24-14-16-28(17-15-24)45-41(49)30-19-18-29-32(37(30)42(45)50)22-33-39(47)31(25-10-6-4-7-11-25)23-36(46)43(33,27-12-8-5-9-13-27)38(29)26-20-34(44)40(48)35(21-26)51-2/h3-18,20-21,23,30,32-33,37-38,48H,1,19,22H2,2H3/t30-,32+,33-,37-,38-,43-/m0/s1. The van der Waals surface area contributed by atoms with Crippen molar-refractivity contribution in [2.75, 3.05) is 12.0 Å². The first kappa shape index (κ1) is 33.1. The molecule has 1 saturated carbocycles. The molecule has 0 bridgehead atoms. The Morgan fingerprint density at radius 2 is 1.59 bits per heavy atom. The van der Waals surface area contributed by atoms with E-state index in [1.165, 1.54) is 18.1 Å². The van der Waals surface area contributed by atoms with E-state index < -0.39 is 35.0 Å². The highest BCUT2D eigenvalue weighted by molar-refractivity contribution is 14.1. The number of phenols is 1. The summed E-state index contributed by atoms with van der Waals surface area (Å²) in [5.41, 5.74) is 3.21. The van der Waals surface area contributed by atoms with Crippen LogP contribution in [0, 0.1) is 27.2 Å². The molecule has 1 heterocycles. The van der Waals surface area contributed by atoms with Gasteiger partial charge in [-0.2, -0.15) is 0 Å². The number of ether oxygens (including phenoxy) is 1. The minimum atomic E-state index is -1.37. The first-order chi connectivity index (χ1) is 24.7. The predicted octanol–water partition coefficient (Wildman–Crippen LogP) is 7.68. The molecule has 4 aromatic rings. The van der Waals surface area contributed by atoms with E-state index in [0.29, 0.717) is 37.9 Å². The van der Waals surface area contributed by atoms with E-state index in [1.54, 1.807) is 24.3 Å². The summed E-state index contributed by atoms with van der Waals surface area (Å²) in [6.07, 6.45) is 5.76. The smallest absolute Gasteiger partial charge is 0.238 e. The van der Waals surface area contributed by atoms with Crippen molar-refractivity contribution in [3.8, 4) is 11.5 Å². The van der Waals surface area contributed by atoms with Gasteiger partial charge in [0.15, 0.2) is 23.1 Å². The minimum absolute atomic E-state index is 0.0239. The summed E-state index contributed by atoms with van der Waals surface area (Å²) in [5.74, 6) is -4.13. The van der Waals surface area contributed by atoms with Crippen LogP contribution in [0.15, 0.2) is 121 Å². The van der Waals surface area contributed by atoms with Gasteiger partial charge in [0, 0.05) is 17.4 Å². The molecule has 0 radical (unpaired) electrons. The third-order valence-electron chi connectivity index (χ3n) is 11.4. The first-order valence-electron chi connectivity index (χ1n) is 17.0. The summed E-state index contributed by atoms with van der Waals surface area (Å²) in [6.45, 7) is 3.81. The lowest BCUT2D eigenvalue weighted by atomic mass is 9.44. The average molecular weight is 788 g/mol. The molecule has 1 saturated heterocycles. The van der Waals surface area contributed by atoms with Gasteiger partial charge in [0.25, 0.3) is 0 Å². The number of carbonyl (C=O) groups is 4. The second kappa shape index (κ2) is 12.6. The van der Waals surface area contributed by atoms with Gasteiger partial charge >= 0.3 is 0 Å². The first-order valence-corrected chi connectivity index (χ1v) is 18.1. The lowest BCUT2D eigenvalue weighted by Gasteiger charge is -2.55. The Morgan fingerprint density at radius 3 is 2.25 bits per heavy atom. The summed E-state index contributed by atoms with van der Waals surface area (Å²) < 4.78 is 6.14. The summed E-state index contributed by atoms with van der Waals surface area (Å²) in [5, 5.41) is 10.9. The number of allylic oxidation sites excluding steroid dienone is 4. The van der Waals surface area contributed by atoms with Crippen molar-refractivity contribution in [3.63, 3.8) is 0 Å². The SMILES string of the molecule is C=Cc1ccc(N2C(=O)[C@H]3[C@H](CC=C4[C@H]3C[C@H]3C(=O)C(c5ccccc5)=CC(=O)[C@@]3(c3ccccc3)[C@H]4c3cc(I)c(O)c(OC)c3)C2=O)cc1. The van der Waals surface area contributed by atoms with E-state index >= 15 is 9.59 Å². The van der Waals surface area contributed by atoms with Gasteiger partial charge in [-0.15, -0.1) is 0 Å². The molecule has 254 valence electrons. The van der Waals surface area contributed by atoms with Gasteiger partial charge in [0.2, 0.25) is 11.8 Å². The maximum Gasteiger partial charge on any atom is 0.238 e. The Labute approximate surface area is 309 Å². The lowest BCUT2D eigenvalue weighted by Crippen LogP contribution is -2.58. The molecular formula is C43H34INO6. The van der Waals surface area contributed by atoms with Crippen LogP contribution < -0.4 is 9.64 Å². The number of imide groups is 1. The van der Waals surface area contributed by atoms with E-state index in [0.717, 1.165) is 11.1 Å². The number of hydrogen-bond donors (Lipinski definition) is 1. The van der Waals surface area contributed by atoms with Crippen molar-refractivity contribution in [1.82, 2.24) is 0 Å². The molecule has 8 rings (SSSR count). The molecule has 4 aliphatic rings. The van der Waals surface area contributed by atoms with Crippen molar-refractivity contribution in [1.29, 1.82) is 0 Å². The van der Waals surface area contributed by atoms with Gasteiger partial charge in [-0.1, -0.05) is 97.1 Å². The van der Waals surface area contributed by atoms with Crippen LogP contribution in [0.1, 0.15) is 41.0 Å². The van der Waals surface area contributed by atoms with Crippen LogP contribution in [-0.2, 0) is 24.6 Å². The van der Waals surface area contributed by atoms with E-state index in [2.05, 4.69) is 29.2 Å². The van der Waals surface area contributed by atoms with Crippen LogP contribution in [-0.4, -0.2) is 35.6 Å². The zero-order valence-corrected chi connectivity index (χ0v) is 29.9. The number of nitrogens with zero attached hydrogens (tertiary/aromatic N) is 1. The van der Waals surface area contributed by atoms with Crippen LogP contribution in [0.2, 0.25) is 0 Å². The van der Waals surface area contributed by atoms with Crippen LogP contribution in [0.5, 0.6) is 11.5 Å². The summed E-state index contributed by atoms with van der Waals surface area (Å²) >= 11 is 2.05. The Kier molecular flexibility index (Phi) is 8.17. The van der Waals surface area contributed by atoms with E-state index in [9.17, 15) is 14.7 Å². The van der Waals surface area contributed by atoms with Crippen LogP contribution in [0.3, 0.4) is 0 Å². The number of anilines is 1. The highest BCUT2D eigenvalue weighted by Crippen LogP contribution is 2.64. The Bertz CT molecular complexity index is 2190. The fraction of sp³-hybridized carbons (Fsp3) is 0.209. The number of amides is 2. The number of carbonyl (C=O) groups excluding carboxylic acids is 4. The molecule has 2 fully saturated rings. The van der Waals surface area contributed by atoms with Crippen LogP contribution in [0.25, 0.3) is 11.6 Å². The molecule has 7 nitrogen and oxygen atoms in total. The van der Waals surface area contributed by atoms with Crippen molar-refractivity contribution in [2.24, 2.45) is 23.7 Å². The maximum absolute atomic E-state index is 15.2. The number of phenolic OH excluding ortho intramolecular Hbond substituents is 1. The summed E-state index contributed by atoms with van der Waals surface area (Å²) in [6, 6.07) is 29.4. The zero-order valence-electron chi connectivity index (χ0n) is 27.8. The van der Waals surface area contributed by atoms with Gasteiger partial charge in [0.1, 0.15) is 0 Å². The Balaban J connectivity index is 1.37. The third kappa shape index (κ3) is 4.90. The van der Waals surface area contributed by atoms with Gasteiger partial charge in [-0.3, -0.25) is 24.1 Å². The normalized spacial score (nSPS) is 26.9. The summed E-state index contributed by atoms with van der Waals surface area (Å²) in [7, 11) is 1.47. The highest BCUT2D eigenvalue weighted by Gasteiger charge is 2.66. The number of aromatic hydroxyl groups is 1. The molecular weight excluding hydrogens is 753 g/mol. The predicted molar refractivity (Wildman–Crippen MR) is 203 cm³/mol. The lowest BCUT2D eigenvalue weighted by molar-refractivity contribution is -0.135. The molecule has 51 heavy (non-hydrogen) atoms. The van der Waals surface area contributed by atoms with Crippen LogP contribution >= 0.6 is 22.6 Å². The number of ketones is 2. The highest BCUT2D eigenvalue weighted by atomic mass is 127. The molecule has 6 atom stereocenters. The fourth-order valence-electron chi connectivity index (χ4n) is 9.18. The van der Waals surface area contributed by atoms with Crippen molar-refractivity contribution < 1.29 is 29.0 Å². The van der Waals surface area contributed by atoms with Gasteiger partial charge in [0.05, 0.1) is 33.6 Å².